The lowest BCUT2D eigenvalue weighted by atomic mass is 10.3. The van der Waals surface area contributed by atoms with E-state index in [0.29, 0.717) is 8.98 Å². The van der Waals surface area contributed by atoms with Crippen LogP contribution in [0, 0.1) is 3.95 Å². The molecule has 0 bridgehead atoms. The van der Waals surface area contributed by atoms with Crippen LogP contribution in [-0.4, -0.2) is 4.57 Å². The van der Waals surface area contributed by atoms with Crippen LogP contribution in [0.5, 0.6) is 0 Å². The van der Waals surface area contributed by atoms with Crippen molar-refractivity contribution in [2.75, 3.05) is 0 Å². The van der Waals surface area contributed by atoms with Gasteiger partial charge in [-0.1, -0.05) is 17.7 Å². The van der Waals surface area contributed by atoms with E-state index in [1.165, 1.54) is 14.9 Å². The topological polar surface area (TPSA) is 22.0 Å². The van der Waals surface area contributed by atoms with Crippen molar-refractivity contribution in [2.45, 2.75) is 0 Å². The third-order valence-electron chi connectivity index (χ3n) is 1.62. The molecule has 1 aromatic heterocycles. The van der Waals surface area contributed by atoms with Crippen molar-refractivity contribution in [3.8, 4) is 5.69 Å². The van der Waals surface area contributed by atoms with E-state index in [-0.39, 0.29) is 4.87 Å². The quantitative estimate of drug-likeness (QED) is 0.580. The van der Waals surface area contributed by atoms with Gasteiger partial charge < -0.3 is 0 Å². The van der Waals surface area contributed by atoms with Gasteiger partial charge in [-0.05, 0) is 51.1 Å². The predicted molar refractivity (Wildman–Crippen MR) is 63.6 cm³/mol. The van der Waals surface area contributed by atoms with Crippen LogP contribution in [0.1, 0.15) is 0 Å². The Balaban J connectivity index is 2.72. The molecular weight excluding hydrogens is 258 g/mol. The van der Waals surface area contributed by atoms with Gasteiger partial charge in [0.2, 0.25) is 0 Å². The summed E-state index contributed by atoms with van der Waals surface area (Å²) in [4.78, 5) is 11.4. The average molecular weight is 262 g/mol. The van der Waals surface area contributed by atoms with Crippen molar-refractivity contribution in [2.24, 2.45) is 0 Å². The second kappa shape index (κ2) is 3.94. The molecule has 0 aliphatic carbocycles. The van der Waals surface area contributed by atoms with E-state index in [1.807, 2.05) is 6.07 Å². The molecule has 1 aromatic carbocycles. The lowest BCUT2D eigenvalue weighted by Crippen LogP contribution is -2.09. The monoisotopic (exact) mass is 261 g/mol. The Labute approximate surface area is 97.4 Å². The zero-order valence-corrected chi connectivity index (χ0v) is 9.97. The summed E-state index contributed by atoms with van der Waals surface area (Å²) in [6, 6.07) is 7.08. The van der Waals surface area contributed by atoms with Crippen LogP contribution in [0.25, 0.3) is 5.69 Å². The Kier molecular flexibility index (Phi) is 2.83. The average Bonchev–Trinajstić information content (AvgIpc) is 2.46. The minimum absolute atomic E-state index is 0.0673. The van der Waals surface area contributed by atoms with Gasteiger partial charge in [0, 0.05) is 5.02 Å². The third-order valence-corrected chi connectivity index (χ3v) is 4.48. The summed E-state index contributed by atoms with van der Waals surface area (Å²) in [5, 5.41) is 0.597. The molecule has 72 valence electrons. The fraction of sp³-hybridized carbons (Fsp3) is 0. The Morgan fingerprint density at radius 3 is 2.71 bits per heavy atom. The number of nitrogens with zero attached hydrogens (tertiary/aromatic N) is 1. The molecule has 0 fully saturated rings. The van der Waals surface area contributed by atoms with Crippen molar-refractivity contribution in [3.63, 3.8) is 0 Å². The van der Waals surface area contributed by atoms with Gasteiger partial charge in [0.1, 0.15) is 0 Å². The highest BCUT2D eigenvalue weighted by Gasteiger charge is 2.04. The normalized spacial score (nSPS) is 10.4. The molecule has 14 heavy (non-hydrogen) atoms. The Morgan fingerprint density at radius 2 is 2.14 bits per heavy atom. The summed E-state index contributed by atoms with van der Waals surface area (Å²) < 4.78 is 2.04. The predicted octanol–water partition coefficient (Wildman–Crippen LogP) is 3.34. The van der Waals surface area contributed by atoms with Crippen LogP contribution in [-0.2, 0) is 0 Å². The smallest absolute Gasteiger partial charge is 0.255 e. The Morgan fingerprint density at radius 1 is 1.36 bits per heavy atom. The van der Waals surface area contributed by atoms with Gasteiger partial charge in [0.05, 0.1) is 5.69 Å². The first-order valence-corrected chi connectivity index (χ1v) is 6.60. The molecule has 0 saturated carbocycles. The third kappa shape index (κ3) is 1.81. The summed E-state index contributed by atoms with van der Waals surface area (Å²) in [6.07, 6.45) is 0. The largest absolute Gasteiger partial charge is 0.323 e. The van der Waals surface area contributed by atoms with E-state index in [4.69, 9.17) is 23.8 Å². The number of hydrogen-bond donors (Lipinski definition) is 0. The van der Waals surface area contributed by atoms with Gasteiger partial charge in [-0.25, -0.2) is 4.57 Å². The van der Waals surface area contributed by atoms with E-state index >= 15 is 0 Å². The molecule has 0 saturated heterocycles. The molecule has 0 spiro atoms. The number of rotatable bonds is 1. The highest BCUT2D eigenvalue weighted by Crippen LogP contribution is 2.16. The van der Waals surface area contributed by atoms with E-state index < -0.39 is 0 Å². The molecule has 0 aliphatic rings. The summed E-state index contributed by atoms with van der Waals surface area (Å²) in [7, 11) is 2.43. The number of aromatic nitrogens is 1. The maximum Gasteiger partial charge on any atom is 0.323 e. The van der Waals surface area contributed by atoms with Crippen LogP contribution >= 0.6 is 44.5 Å². The van der Waals surface area contributed by atoms with Gasteiger partial charge in [-0.2, -0.15) is 0 Å². The highest BCUT2D eigenvalue weighted by atomic mass is 35.5. The van der Waals surface area contributed by atoms with Crippen LogP contribution < -0.4 is 4.87 Å². The summed E-state index contributed by atoms with van der Waals surface area (Å²) in [6.45, 7) is 0. The van der Waals surface area contributed by atoms with Crippen molar-refractivity contribution >= 4 is 44.5 Å². The first-order chi connectivity index (χ1) is 6.68. The molecule has 2 aromatic rings. The molecule has 0 amide bonds. The fourth-order valence-electron chi connectivity index (χ4n) is 1.05. The van der Waals surface area contributed by atoms with Crippen LogP contribution in [0.2, 0.25) is 5.02 Å². The molecule has 0 aliphatic heterocycles. The van der Waals surface area contributed by atoms with Crippen molar-refractivity contribution in [1.82, 2.24) is 4.57 Å². The maximum absolute atomic E-state index is 11.4. The van der Waals surface area contributed by atoms with Gasteiger partial charge in [0.25, 0.3) is 0 Å². The minimum Gasteiger partial charge on any atom is -0.255 e. The second-order valence-corrected chi connectivity index (χ2v) is 5.66. The molecule has 0 radical (unpaired) electrons. The van der Waals surface area contributed by atoms with Crippen molar-refractivity contribution in [3.05, 3.63) is 42.9 Å². The maximum atomic E-state index is 11.4. The van der Waals surface area contributed by atoms with E-state index in [1.54, 1.807) is 18.2 Å². The first-order valence-electron chi connectivity index (χ1n) is 3.66. The SMILES string of the molecule is O=c1ssc(=S)n1-c1cccc(Cl)c1. The van der Waals surface area contributed by atoms with Gasteiger partial charge >= 0.3 is 4.87 Å². The lowest BCUT2D eigenvalue weighted by Gasteiger charge is -1.99. The van der Waals surface area contributed by atoms with E-state index in [2.05, 4.69) is 0 Å². The summed E-state index contributed by atoms with van der Waals surface area (Å²) in [5.74, 6) is 0. The van der Waals surface area contributed by atoms with Gasteiger partial charge in [0.15, 0.2) is 3.95 Å². The fourth-order valence-corrected chi connectivity index (χ4v) is 3.39. The lowest BCUT2D eigenvalue weighted by molar-refractivity contribution is 1.04. The molecule has 1 heterocycles. The summed E-state index contributed by atoms with van der Waals surface area (Å²) in [5.41, 5.74) is 0.727. The molecule has 0 unspecified atom stereocenters. The number of hydrogen-bond acceptors (Lipinski definition) is 4. The standard InChI is InChI=1S/C8H4ClNOS3/c9-5-2-1-3-6(4-5)10-7(11)13-14-8(10)12/h1-4H. The molecule has 0 N–H and O–H groups in total. The Bertz CT molecular complexity index is 541. The van der Waals surface area contributed by atoms with Crippen LogP contribution in [0.4, 0.5) is 0 Å². The number of halogens is 1. The molecule has 6 heteroatoms. The molecule has 2 nitrogen and oxygen atoms in total. The molecule has 0 atom stereocenters. The first kappa shape index (κ1) is 10.0. The van der Waals surface area contributed by atoms with Crippen LogP contribution in [0.3, 0.4) is 0 Å². The number of benzene rings is 1. The van der Waals surface area contributed by atoms with E-state index in [9.17, 15) is 4.79 Å². The van der Waals surface area contributed by atoms with Gasteiger partial charge in [-0.15, -0.1) is 0 Å². The summed E-state index contributed by atoms with van der Waals surface area (Å²) >= 11 is 10.9. The van der Waals surface area contributed by atoms with Crippen molar-refractivity contribution < 1.29 is 0 Å². The van der Waals surface area contributed by atoms with Gasteiger partial charge in [-0.3, -0.25) is 4.79 Å². The molecular formula is C8H4ClNOS3. The zero-order chi connectivity index (χ0) is 10.1. The van der Waals surface area contributed by atoms with Crippen molar-refractivity contribution in [1.29, 1.82) is 0 Å². The highest BCUT2D eigenvalue weighted by molar-refractivity contribution is 7.79. The Hall–Kier alpha value is -0.490. The van der Waals surface area contributed by atoms with Crippen LogP contribution in [0.15, 0.2) is 29.1 Å². The zero-order valence-electron chi connectivity index (χ0n) is 6.77. The minimum atomic E-state index is -0.0673. The van der Waals surface area contributed by atoms with E-state index in [0.717, 1.165) is 16.0 Å². The second-order valence-electron chi connectivity index (χ2n) is 2.51. The molecule has 2 rings (SSSR count).